The molecule has 0 aliphatic carbocycles. The van der Waals surface area contributed by atoms with Crippen LogP contribution < -0.4 is 4.90 Å². The van der Waals surface area contributed by atoms with E-state index in [0.29, 0.717) is 0 Å². The minimum Gasteiger partial charge on any atom is -0.454 e. The summed E-state index contributed by atoms with van der Waals surface area (Å²) >= 11 is 1.84. The molecule has 9 rings (SSSR count). The Morgan fingerprint density at radius 2 is 1.04 bits per heavy atom. The topological polar surface area (TPSA) is 16.4 Å². The number of nitrogens with zero attached hydrogens (tertiary/aromatic N) is 1. The number of benzene rings is 7. The predicted molar refractivity (Wildman–Crippen MR) is 192 cm³/mol. The van der Waals surface area contributed by atoms with Gasteiger partial charge in [0.2, 0.25) is 0 Å². The van der Waals surface area contributed by atoms with Crippen LogP contribution in [0, 0.1) is 0 Å². The van der Waals surface area contributed by atoms with Crippen molar-refractivity contribution in [1.29, 1.82) is 0 Å². The second-order valence-corrected chi connectivity index (χ2v) is 12.4. The Hall–Kier alpha value is -5.64. The van der Waals surface area contributed by atoms with E-state index in [9.17, 15) is 0 Å². The molecule has 7 aromatic carbocycles. The first-order chi connectivity index (χ1) is 22.3. The van der Waals surface area contributed by atoms with Gasteiger partial charge in [-0.3, -0.25) is 0 Å². The van der Waals surface area contributed by atoms with Crippen LogP contribution in [0.4, 0.5) is 17.1 Å². The third-order valence-corrected chi connectivity index (χ3v) is 9.86. The largest absolute Gasteiger partial charge is 0.454 e. The summed E-state index contributed by atoms with van der Waals surface area (Å²) in [6.45, 7) is 0. The molecule has 0 radical (unpaired) electrons. The molecular formula is C42H27NOS. The molecule has 0 saturated carbocycles. The smallest absolute Gasteiger partial charge is 0.160 e. The summed E-state index contributed by atoms with van der Waals surface area (Å²) in [5.74, 6) is 0. The second-order valence-electron chi connectivity index (χ2n) is 11.3. The number of anilines is 3. The Labute approximate surface area is 265 Å². The van der Waals surface area contributed by atoms with Gasteiger partial charge in [-0.1, -0.05) is 115 Å². The van der Waals surface area contributed by atoms with Crippen molar-refractivity contribution in [2.24, 2.45) is 0 Å². The summed E-state index contributed by atoms with van der Waals surface area (Å²) in [6.07, 6.45) is 0. The van der Waals surface area contributed by atoms with Gasteiger partial charge < -0.3 is 9.32 Å². The molecule has 9 aromatic rings. The Morgan fingerprint density at radius 1 is 0.444 bits per heavy atom. The number of hydrogen-bond donors (Lipinski definition) is 0. The molecule has 0 fully saturated rings. The van der Waals surface area contributed by atoms with Crippen LogP contribution in [-0.2, 0) is 0 Å². The summed E-state index contributed by atoms with van der Waals surface area (Å²) in [5, 5.41) is 4.84. The monoisotopic (exact) mass is 593 g/mol. The van der Waals surface area contributed by atoms with E-state index in [1.807, 2.05) is 17.4 Å². The Morgan fingerprint density at radius 3 is 1.82 bits per heavy atom. The number of hydrogen-bond acceptors (Lipinski definition) is 3. The Balaban J connectivity index is 1.25. The van der Waals surface area contributed by atoms with E-state index >= 15 is 0 Å². The van der Waals surface area contributed by atoms with Crippen molar-refractivity contribution in [3.8, 4) is 22.3 Å². The van der Waals surface area contributed by atoms with Crippen LogP contribution in [-0.4, -0.2) is 0 Å². The zero-order valence-electron chi connectivity index (χ0n) is 24.4. The third kappa shape index (κ3) is 4.32. The zero-order valence-corrected chi connectivity index (χ0v) is 25.2. The van der Waals surface area contributed by atoms with Crippen molar-refractivity contribution in [3.63, 3.8) is 0 Å². The SMILES string of the molecule is c1ccc(-c2cccc(-c3ccc(N(c4ccccc4)c4cc5c6ccccc6sc5c5c4oc4ccccc45)cc3)c2)cc1. The normalized spacial score (nSPS) is 11.6. The number of para-hydroxylation sites is 2. The van der Waals surface area contributed by atoms with Crippen molar-refractivity contribution in [1.82, 2.24) is 0 Å². The van der Waals surface area contributed by atoms with Gasteiger partial charge in [0.1, 0.15) is 5.58 Å². The molecule has 0 aliphatic heterocycles. The maximum atomic E-state index is 6.72. The molecule has 0 aliphatic rings. The fourth-order valence-electron chi connectivity index (χ4n) is 6.53. The minimum absolute atomic E-state index is 0.902. The van der Waals surface area contributed by atoms with Gasteiger partial charge in [0, 0.05) is 42.3 Å². The molecule has 0 unspecified atom stereocenters. The summed E-state index contributed by atoms with van der Waals surface area (Å²) in [7, 11) is 0. The van der Waals surface area contributed by atoms with Crippen molar-refractivity contribution in [2.75, 3.05) is 4.90 Å². The van der Waals surface area contributed by atoms with Crippen molar-refractivity contribution < 1.29 is 4.42 Å². The maximum absolute atomic E-state index is 6.72. The Bertz CT molecular complexity index is 2470. The lowest BCUT2D eigenvalue weighted by Gasteiger charge is -2.26. The highest BCUT2D eigenvalue weighted by atomic mass is 32.1. The first-order valence-electron chi connectivity index (χ1n) is 15.2. The molecular weight excluding hydrogens is 567 g/mol. The minimum atomic E-state index is 0.902. The molecule has 0 saturated heterocycles. The fraction of sp³-hybridized carbons (Fsp3) is 0. The van der Waals surface area contributed by atoms with E-state index in [1.54, 1.807) is 0 Å². The number of furan rings is 1. The standard InChI is InChI=1S/C42H27NOS/c1-3-12-28(13-4-1)30-14-11-15-31(26-30)29-22-24-33(25-23-29)43(32-16-5-2-6-17-32)37-27-36-34-18-8-10-21-39(34)45-42(36)40-35-19-7-9-20-38(35)44-41(37)40/h1-27H. The van der Waals surface area contributed by atoms with Crippen molar-refractivity contribution >= 4 is 70.5 Å². The van der Waals surface area contributed by atoms with Gasteiger partial charge in [-0.05, 0) is 70.8 Å². The predicted octanol–water partition coefficient (Wildman–Crippen LogP) is 12.8. The fourth-order valence-corrected chi connectivity index (χ4v) is 7.77. The van der Waals surface area contributed by atoms with E-state index in [4.69, 9.17) is 4.42 Å². The van der Waals surface area contributed by atoms with Gasteiger partial charge in [0.15, 0.2) is 5.58 Å². The van der Waals surface area contributed by atoms with Crippen LogP contribution in [0.25, 0.3) is 64.4 Å². The third-order valence-electron chi connectivity index (χ3n) is 8.65. The van der Waals surface area contributed by atoms with Crippen LogP contribution in [0.3, 0.4) is 0 Å². The number of fused-ring (bicyclic) bond motifs is 7. The molecule has 0 bridgehead atoms. The highest BCUT2D eigenvalue weighted by Gasteiger charge is 2.23. The van der Waals surface area contributed by atoms with Gasteiger partial charge in [-0.25, -0.2) is 0 Å². The number of rotatable bonds is 5. The molecule has 2 nitrogen and oxygen atoms in total. The molecule has 0 spiro atoms. The van der Waals surface area contributed by atoms with E-state index in [-0.39, 0.29) is 0 Å². The highest BCUT2D eigenvalue weighted by molar-refractivity contribution is 7.26. The quantitative estimate of drug-likeness (QED) is 0.197. The maximum Gasteiger partial charge on any atom is 0.160 e. The summed E-state index contributed by atoms with van der Waals surface area (Å²) in [6, 6.07) is 58.2. The Kier molecular flexibility index (Phi) is 6.03. The van der Waals surface area contributed by atoms with Gasteiger partial charge in [-0.2, -0.15) is 0 Å². The van der Waals surface area contributed by atoms with Crippen LogP contribution >= 0.6 is 11.3 Å². The number of thiophene rings is 1. The van der Waals surface area contributed by atoms with Gasteiger partial charge >= 0.3 is 0 Å². The van der Waals surface area contributed by atoms with Crippen molar-refractivity contribution in [3.05, 3.63) is 164 Å². The van der Waals surface area contributed by atoms with E-state index in [0.717, 1.165) is 33.6 Å². The van der Waals surface area contributed by atoms with Crippen LogP contribution in [0.1, 0.15) is 0 Å². The lowest BCUT2D eigenvalue weighted by atomic mass is 9.99. The average Bonchev–Trinajstić information content (AvgIpc) is 3.69. The molecule has 2 heterocycles. The molecule has 0 amide bonds. The summed E-state index contributed by atoms with van der Waals surface area (Å²) in [5.41, 5.74) is 9.80. The molecule has 3 heteroatoms. The van der Waals surface area contributed by atoms with Crippen LogP contribution in [0.15, 0.2) is 168 Å². The highest BCUT2D eigenvalue weighted by Crippen LogP contribution is 2.49. The molecule has 0 atom stereocenters. The molecule has 212 valence electrons. The molecule has 45 heavy (non-hydrogen) atoms. The van der Waals surface area contributed by atoms with Gasteiger partial charge in [0.25, 0.3) is 0 Å². The second kappa shape index (κ2) is 10.5. The van der Waals surface area contributed by atoms with E-state index in [2.05, 4.69) is 163 Å². The van der Waals surface area contributed by atoms with E-state index < -0.39 is 0 Å². The molecule has 2 aromatic heterocycles. The van der Waals surface area contributed by atoms with Gasteiger partial charge in [-0.15, -0.1) is 11.3 Å². The average molecular weight is 594 g/mol. The molecule has 0 N–H and O–H groups in total. The first-order valence-corrected chi connectivity index (χ1v) is 16.0. The summed E-state index contributed by atoms with van der Waals surface area (Å²) in [4.78, 5) is 2.33. The van der Waals surface area contributed by atoms with Crippen molar-refractivity contribution in [2.45, 2.75) is 0 Å². The van der Waals surface area contributed by atoms with E-state index in [1.165, 1.54) is 47.8 Å². The lowest BCUT2D eigenvalue weighted by molar-refractivity contribution is 0.669. The van der Waals surface area contributed by atoms with Gasteiger partial charge in [0.05, 0.1) is 5.69 Å². The first kappa shape index (κ1) is 25.8. The summed E-state index contributed by atoms with van der Waals surface area (Å²) < 4.78 is 9.27. The van der Waals surface area contributed by atoms with Crippen LogP contribution in [0.5, 0.6) is 0 Å². The van der Waals surface area contributed by atoms with Crippen LogP contribution in [0.2, 0.25) is 0 Å². The lowest BCUT2D eigenvalue weighted by Crippen LogP contribution is -2.10. The zero-order chi connectivity index (χ0) is 29.7.